The standard InChI is InChI=1S/C17H21N/c1-4-14-11-12-17(13-15(14)5-2)18(3)16-9-7-6-8-10-16/h4-7,11-13,16H,1-2,8-10H2,3H3. The van der Waals surface area contributed by atoms with E-state index in [0.29, 0.717) is 6.04 Å². The van der Waals surface area contributed by atoms with E-state index in [-0.39, 0.29) is 0 Å². The fourth-order valence-electron chi connectivity index (χ4n) is 2.48. The summed E-state index contributed by atoms with van der Waals surface area (Å²) in [6.45, 7) is 7.71. The van der Waals surface area contributed by atoms with Crippen molar-refractivity contribution in [3.63, 3.8) is 0 Å². The highest BCUT2D eigenvalue weighted by Crippen LogP contribution is 2.26. The molecule has 2 rings (SSSR count). The molecule has 1 unspecified atom stereocenters. The number of hydrogen-bond acceptors (Lipinski definition) is 1. The lowest BCUT2D eigenvalue weighted by molar-refractivity contribution is 0.574. The van der Waals surface area contributed by atoms with Crippen molar-refractivity contribution < 1.29 is 0 Å². The van der Waals surface area contributed by atoms with Gasteiger partial charge in [-0.2, -0.15) is 0 Å². The highest BCUT2D eigenvalue weighted by molar-refractivity contribution is 5.68. The van der Waals surface area contributed by atoms with Crippen LogP contribution in [0.15, 0.2) is 43.5 Å². The van der Waals surface area contributed by atoms with Crippen LogP contribution in [-0.2, 0) is 0 Å². The Balaban J connectivity index is 2.24. The number of hydrogen-bond donors (Lipinski definition) is 0. The molecule has 18 heavy (non-hydrogen) atoms. The summed E-state index contributed by atoms with van der Waals surface area (Å²) < 4.78 is 0. The number of nitrogens with zero attached hydrogens (tertiary/aromatic N) is 1. The molecule has 1 nitrogen and oxygen atoms in total. The van der Waals surface area contributed by atoms with Crippen LogP contribution in [0.1, 0.15) is 30.4 Å². The predicted octanol–water partition coefficient (Wildman–Crippen LogP) is 4.52. The van der Waals surface area contributed by atoms with E-state index in [9.17, 15) is 0 Å². The zero-order valence-electron chi connectivity index (χ0n) is 11.1. The summed E-state index contributed by atoms with van der Waals surface area (Å²) in [7, 11) is 2.18. The van der Waals surface area contributed by atoms with Crippen molar-refractivity contribution in [3.8, 4) is 0 Å². The average Bonchev–Trinajstić information content (AvgIpc) is 2.46. The Hall–Kier alpha value is -1.76. The minimum atomic E-state index is 0.613. The number of allylic oxidation sites excluding steroid dienone is 1. The average molecular weight is 239 g/mol. The van der Waals surface area contributed by atoms with E-state index in [4.69, 9.17) is 0 Å². The lowest BCUT2D eigenvalue weighted by Gasteiger charge is -2.31. The number of benzene rings is 1. The summed E-state index contributed by atoms with van der Waals surface area (Å²) in [5, 5.41) is 0. The molecule has 1 aliphatic rings. The van der Waals surface area contributed by atoms with Crippen molar-refractivity contribution in [2.24, 2.45) is 0 Å². The van der Waals surface area contributed by atoms with Gasteiger partial charge >= 0.3 is 0 Å². The van der Waals surface area contributed by atoms with Crippen molar-refractivity contribution in [1.29, 1.82) is 0 Å². The first kappa shape index (κ1) is 12.7. The SMILES string of the molecule is C=Cc1ccc(N(C)C2CC=CCC2)cc1C=C. The molecule has 0 fully saturated rings. The van der Waals surface area contributed by atoms with Crippen molar-refractivity contribution >= 4 is 17.8 Å². The highest BCUT2D eigenvalue weighted by atomic mass is 15.1. The second kappa shape index (κ2) is 5.72. The van der Waals surface area contributed by atoms with Crippen molar-refractivity contribution in [2.75, 3.05) is 11.9 Å². The van der Waals surface area contributed by atoms with Crippen LogP contribution in [0.2, 0.25) is 0 Å². The topological polar surface area (TPSA) is 3.24 Å². The maximum Gasteiger partial charge on any atom is 0.0372 e. The van der Waals surface area contributed by atoms with Crippen LogP contribution in [0.5, 0.6) is 0 Å². The summed E-state index contributed by atoms with van der Waals surface area (Å²) in [6, 6.07) is 7.10. The largest absolute Gasteiger partial charge is 0.371 e. The van der Waals surface area contributed by atoms with E-state index >= 15 is 0 Å². The third-order valence-corrected chi connectivity index (χ3v) is 3.71. The molecule has 1 aromatic carbocycles. The van der Waals surface area contributed by atoms with Crippen LogP contribution >= 0.6 is 0 Å². The molecule has 0 saturated heterocycles. The van der Waals surface area contributed by atoms with Gasteiger partial charge in [0.25, 0.3) is 0 Å². The van der Waals surface area contributed by atoms with Crippen LogP contribution in [0.4, 0.5) is 5.69 Å². The van der Waals surface area contributed by atoms with Crippen LogP contribution in [0.25, 0.3) is 12.2 Å². The minimum Gasteiger partial charge on any atom is -0.371 e. The zero-order valence-corrected chi connectivity index (χ0v) is 11.1. The Labute approximate surface area is 110 Å². The van der Waals surface area contributed by atoms with E-state index in [1.165, 1.54) is 18.5 Å². The first-order valence-electron chi connectivity index (χ1n) is 6.53. The molecule has 0 heterocycles. The molecule has 0 bridgehead atoms. The normalized spacial score (nSPS) is 18.4. The molecule has 94 valence electrons. The maximum atomic E-state index is 3.88. The monoisotopic (exact) mass is 239 g/mol. The fraction of sp³-hybridized carbons (Fsp3) is 0.294. The molecule has 0 saturated carbocycles. The summed E-state index contributed by atoms with van der Waals surface area (Å²) >= 11 is 0. The molecule has 1 heteroatoms. The molecule has 0 aromatic heterocycles. The maximum absolute atomic E-state index is 3.88. The van der Waals surface area contributed by atoms with E-state index < -0.39 is 0 Å². The van der Waals surface area contributed by atoms with Gasteiger partial charge in [-0.15, -0.1) is 0 Å². The zero-order chi connectivity index (χ0) is 13.0. The van der Waals surface area contributed by atoms with Crippen LogP contribution in [0.3, 0.4) is 0 Å². The van der Waals surface area contributed by atoms with Crippen LogP contribution in [0, 0.1) is 0 Å². The molecule has 0 amide bonds. The molecular weight excluding hydrogens is 218 g/mol. The van der Waals surface area contributed by atoms with E-state index in [0.717, 1.165) is 17.5 Å². The van der Waals surface area contributed by atoms with Gasteiger partial charge in [0.15, 0.2) is 0 Å². The summed E-state index contributed by atoms with van der Waals surface area (Å²) in [5.74, 6) is 0. The van der Waals surface area contributed by atoms with Crippen LogP contribution in [-0.4, -0.2) is 13.1 Å². The molecule has 0 N–H and O–H groups in total. The molecular formula is C17H21N. The molecule has 0 spiro atoms. The second-order valence-corrected chi connectivity index (χ2v) is 4.77. The van der Waals surface area contributed by atoms with Crippen LogP contribution < -0.4 is 4.90 Å². The van der Waals surface area contributed by atoms with Crippen molar-refractivity contribution in [3.05, 3.63) is 54.6 Å². The Morgan fingerprint density at radius 2 is 1.94 bits per heavy atom. The van der Waals surface area contributed by atoms with Gasteiger partial charge < -0.3 is 4.90 Å². The first-order valence-corrected chi connectivity index (χ1v) is 6.53. The van der Waals surface area contributed by atoms with Gasteiger partial charge in [-0.25, -0.2) is 0 Å². The number of rotatable bonds is 4. The summed E-state index contributed by atoms with van der Waals surface area (Å²) in [6.07, 6.45) is 11.9. The number of anilines is 1. The quantitative estimate of drug-likeness (QED) is 0.698. The van der Waals surface area contributed by atoms with E-state index in [1.54, 1.807) is 0 Å². The molecule has 0 aliphatic heterocycles. The van der Waals surface area contributed by atoms with Crippen molar-refractivity contribution in [1.82, 2.24) is 0 Å². The van der Waals surface area contributed by atoms with Crippen molar-refractivity contribution in [2.45, 2.75) is 25.3 Å². The smallest absolute Gasteiger partial charge is 0.0372 e. The summed E-state index contributed by atoms with van der Waals surface area (Å²) in [4.78, 5) is 2.38. The first-order chi connectivity index (χ1) is 8.76. The lowest BCUT2D eigenvalue weighted by Crippen LogP contribution is -2.32. The Kier molecular flexibility index (Phi) is 4.03. The Morgan fingerprint density at radius 1 is 1.17 bits per heavy atom. The van der Waals surface area contributed by atoms with E-state index in [1.807, 2.05) is 12.2 Å². The van der Waals surface area contributed by atoms with Gasteiger partial charge in [-0.1, -0.05) is 43.5 Å². The van der Waals surface area contributed by atoms with E-state index in [2.05, 4.69) is 55.5 Å². The Morgan fingerprint density at radius 3 is 2.56 bits per heavy atom. The van der Waals surface area contributed by atoms with Gasteiger partial charge in [0.1, 0.15) is 0 Å². The Bertz CT molecular complexity index is 470. The second-order valence-electron chi connectivity index (χ2n) is 4.77. The molecule has 1 aliphatic carbocycles. The third kappa shape index (κ3) is 2.56. The molecule has 0 radical (unpaired) electrons. The minimum absolute atomic E-state index is 0.613. The molecule has 1 atom stereocenters. The van der Waals surface area contributed by atoms with Gasteiger partial charge in [0, 0.05) is 18.8 Å². The van der Waals surface area contributed by atoms with Gasteiger partial charge in [0.2, 0.25) is 0 Å². The van der Waals surface area contributed by atoms with Gasteiger partial charge in [-0.3, -0.25) is 0 Å². The fourth-order valence-corrected chi connectivity index (χ4v) is 2.48. The third-order valence-electron chi connectivity index (χ3n) is 3.71. The highest BCUT2D eigenvalue weighted by Gasteiger charge is 2.16. The molecule has 1 aromatic rings. The predicted molar refractivity (Wildman–Crippen MR) is 81.8 cm³/mol. The lowest BCUT2D eigenvalue weighted by atomic mass is 9.99. The summed E-state index contributed by atoms with van der Waals surface area (Å²) in [5.41, 5.74) is 3.56. The van der Waals surface area contributed by atoms with Gasteiger partial charge in [-0.05, 0) is 42.5 Å². The van der Waals surface area contributed by atoms with Gasteiger partial charge in [0.05, 0.1) is 0 Å².